The normalized spacial score (nSPS) is 19.0. The predicted octanol–water partition coefficient (Wildman–Crippen LogP) is 1.78. The van der Waals surface area contributed by atoms with Gasteiger partial charge >= 0.3 is 0 Å². The minimum Gasteiger partial charge on any atom is -0.356 e. The van der Waals surface area contributed by atoms with Crippen LogP contribution >= 0.6 is 21.6 Å². The van der Waals surface area contributed by atoms with Crippen molar-refractivity contribution in [2.45, 2.75) is 37.4 Å². The van der Waals surface area contributed by atoms with Gasteiger partial charge in [-0.25, -0.2) is 0 Å². The molecule has 1 heterocycles. The largest absolute Gasteiger partial charge is 0.356 e. The van der Waals surface area contributed by atoms with Crippen LogP contribution in [0.2, 0.25) is 0 Å². The van der Waals surface area contributed by atoms with E-state index >= 15 is 0 Å². The smallest absolute Gasteiger partial charge is 0.265 e. The van der Waals surface area contributed by atoms with E-state index in [2.05, 4.69) is 5.32 Å². The van der Waals surface area contributed by atoms with Crippen LogP contribution in [0, 0.1) is 0 Å². The van der Waals surface area contributed by atoms with E-state index in [0.29, 0.717) is 35.7 Å². The number of carbonyl (C=O) groups excluding carboxylic acids is 1. The molecular formula is C14H29N2O4S3+. The molecule has 0 aliphatic carbocycles. The molecule has 0 aromatic heterocycles. The average molecular weight is 386 g/mol. The van der Waals surface area contributed by atoms with Crippen LogP contribution in [0.1, 0.15) is 32.1 Å². The van der Waals surface area contributed by atoms with E-state index in [-0.39, 0.29) is 11.7 Å². The van der Waals surface area contributed by atoms with Gasteiger partial charge in [0, 0.05) is 36.8 Å². The number of carbonyl (C=O) groups is 1. The molecule has 23 heavy (non-hydrogen) atoms. The second-order valence-electron chi connectivity index (χ2n) is 6.59. The summed E-state index contributed by atoms with van der Waals surface area (Å²) in [5.74, 6) is 1.13. The minimum absolute atomic E-state index is 0.124. The van der Waals surface area contributed by atoms with Gasteiger partial charge in [-0.1, -0.05) is 21.6 Å². The number of quaternary nitrogens is 1. The molecule has 136 valence electrons. The van der Waals surface area contributed by atoms with Gasteiger partial charge in [0.25, 0.3) is 10.1 Å². The third-order valence-corrected chi connectivity index (χ3v) is 7.66. The molecule has 1 atom stereocenters. The van der Waals surface area contributed by atoms with Crippen molar-refractivity contribution in [3.05, 3.63) is 0 Å². The number of hydrogen-bond acceptors (Lipinski definition) is 5. The molecule has 2 N–H and O–H groups in total. The van der Waals surface area contributed by atoms with E-state index < -0.39 is 10.1 Å². The second kappa shape index (κ2) is 10.1. The Kier molecular flexibility index (Phi) is 9.28. The van der Waals surface area contributed by atoms with Gasteiger partial charge < -0.3 is 9.80 Å². The van der Waals surface area contributed by atoms with E-state index in [4.69, 9.17) is 4.55 Å². The van der Waals surface area contributed by atoms with Crippen molar-refractivity contribution in [3.8, 4) is 0 Å². The van der Waals surface area contributed by atoms with Crippen LogP contribution in [0.4, 0.5) is 0 Å². The Morgan fingerprint density at radius 1 is 1.30 bits per heavy atom. The second-order valence-corrected chi connectivity index (χ2v) is 11.0. The lowest BCUT2D eigenvalue weighted by molar-refractivity contribution is -0.890. The van der Waals surface area contributed by atoms with E-state index in [1.54, 1.807) is 0 Å². The van der Waals surface area contributed by atoms with Crippen molar-refractivity contribution < 1.29 is 22.2 Å². The van der Waals surface area contributed by atoms with Crippen LogP contribution in [-0.4, -0.2) is 73.8 Å². The maximum Gasteiger partial charge on any atom is 0.265 e. The summed E-state index contributed by atoms with van der Waals surface area (Å²) in [5, 5.41) is 3.59. The zero-order valence-electron chi connectivity index (χ0n) is 14.0. The molecule has 6 nitrogen and oxygen atoms in total. The molecule has 0 aromatic rings. The van der Waals surface area contributed by atoms with Gasteiger partial charge in [0.1, 0.15) is 0 Å². The van der Waals surface area contributed by atoms with E-state index in [1.165, 1.54) is 12.2 Å². The first-order chi connectivity index (χ1) is 10.7. The Morgan fingerprint density at radius 3 is 2.61 bits per heavy atom. The number of nitrogens with zero attached hydrogens (tertiary/aromatic N) is 1. The van der Waals surface area contributed by atoms with Crippen molar-refractivity contribution in [2.24, 2.45) is 0 Å². The lowest BCUT2D eigenvalue weighted by Crippen LogP contribution is -2.43. The van der Waals surface area contributed by atoms with Gasteiger partial charge in [0.15, 0.2) is 0 Å². The molecule has 1 rings (SSSR count). The molecular weight excluding hydrogens is 356 g/mol. The minimum atomic E-state index is -3.87. The summed E-state index contributed by atoms with van der Waals surface area (Å²) in [7, 11) is 3.98. The third-order valence-electron chi connectivity index (χ3n) is 3.85. The van der Waals surface area contributed by atoms with E-state index in [0.717, 1.165) is 19.4 Å². The van der Waals surface area contributed by atoms with Crippen LogP contribution in [0.15, 0.2) is 0 Å². The first-order valence-electron chi connectivity index (χ1n) is 8.00. The molecule has 1 fully saturated rings. The van der Waals surface area contributed by atoms with Gasteiger partial charge in [-0.2, -0.15) is 8.42 Å². The summed E-state index contributed by atoms with van der Waals surface area (Å²) >= 11 is 0. The zero-order chi connectivity index (χ0) is 17.3. The standard InChI is InChI=1S/C14H28N2O4S3/c1-16(2,10-4-12-23(18,19)20)9-3-8-15-14(17)6-5-13-7-11-21-22-13/h13H,3-12H2,1-2H3,(H-,15,17,18,19,20)/p+1. The Morgan fingerprint density at radius 2 is 2.00 bits per heavy atom. The van der Waals surface area contributed by atoms with Crippen molar-refractivity contribution in [2.75, 3.05) is 45.2 Å². The highest BCUT2D eigenvalue weighted by molar-refractivity contribution is 8.77. The lowest BCUT2D eigenvalue weighted by Gasteiger charge is -2.29. The van der Waals surface area contributed by atoms with E-state index in [1.807, 2.05) is 35.7 Å². The van der Waals surface area contributed by atoms with Gasteiger partial charge in [-0.3, -0.25) is 9.35 Å². The maximum absolute atomic E-state index is 11.8. The summed E-state index contributed by atoms with van der Waals surface area (Å²) < 4.78 is 30.8. The molecule has 1 unspecified atom stereocenters. The first kappa shape index (κ1) is 21.1. The van der Waals surface area contributed by atoms with Crippen LogP contribution in [0.25, 0.3) is 0 Å². The molecule has 0 radical (unpaired) electrons. The number of hydrogen-bond donors (Lipinski definition) is 2. The number of nitrogens with one attached hydrogen (secondary N) is 1. The zero-order valence-corrected chi connectivity index (χ0v) is 16.4. The van der Waals surface area contributed by atoms with Crippen LogP contribution < -0.4 is 5.32 Å². The van der Waals surface area contributed by atoms with E-state index in [9.17, 15) is 13.2 Å². The summed E-state index contributed by atoms with van der Waals surface area (Å²) in [6.45, 7) is 2.20. The molecule has 1 aliphatic heterocycles. The highest BCUT2D eigenvalue weighted by Crippen LogP contribution is 2.39. The molecule has 0 spiro atoms. The molecule has 1 saturated heterocycles. The van der Waals surface area contributed by atoms with Gasteiger partial charge in [0.05, 0.1) is 32.9 Å². The molecule has 1 amide bonds. The van der Waals surface area contributed by atoms with Crippen molar-refractivity contribution >= 4 is 37.6 Å². The molecule has 1 aliphatic rings. The van der Waals surface area contributed by atoms with Crippen molar-refractivity contribution in [1.82, 2.24) is 5.32 Å². The van der Waals surface area contributed by atoms with Gasteiger partial charge in [0.2, 0.25) is 5.91 Å². The number of amides is 1. The fourth-order valence-electron chi connectivity index (χ4n) is 2.47. The van der Waals surface area contributed by atoms with Crippen LogP contribution in [-0.2, 0) is 14.9 Å². The summed E-state index contributed by atoms with van der Waals surface area (Å²) in [6, 6.07) is 0. The van der Waals surface area contributed by atoms with Gasteiger partial charge in [-0.15, -0.1) is 0 Å². The fourth-order valence-corrected chi connectivity index (χ4v) is 5.94. The molecule has 0 bridgehead atoms. The maximum atomic E-state index is 11.8. The molecule has 9 heteroatoms. The topological polar surface area (TPSA) is 83.5 Å². The third kappa shape index (κ3) is 11.3. The molecule has 0 aromatic carbocycles. The van der Waals surface area contributed by atoms with Gasteiger partial charge in [-0.05, 0) is 12.8 Å². The monoisotopic (exact) mass is 385 g/mol. The molecule has 0 saturated carbocycles. The Labute approximate surface area is 147 Å². The van der Waals surface area contributed by atoms with Crippen molar-refractivity contribution in [3.63, 3.8) is 0 Å². The summed E-state index contributed by atoms with van der Waals surface area (Å²) in [5.41, 5.74) is 0. The Hall–Kier alpha value is 0.0400. The van der Waals surface area contributed by atoms with Crippen molar-refractivity contribution in [1.29, 1.82) is 0 Å². The van der Waals surface area contributed by atoms with Crippen LogP contribution in [0.3, 0.4) is 0 Å². The van der Waals surface area contributed by atoms with Crippen LogP contribution in [0.5, 0.6) is 0 Å². The summed E-state index contributed by atoms with van der Waals surface area (Å²) in [4.78, 5) is 11.8. The quantitative estimate of drug-likeness (QED) is 0.244. The number of rotatable bonds is 11. The average Bonchev–Trinajstić information content (AvgIpc) is 2.93. The lowest BCUT2D eigenvalue weighted by atomic mass is 10.2. The fraction of sp³-hybridized carbons (Fsp3) is 0.929. The highest BCUT2D eigenvalue weighted by Gasteiger charge is 2.18. The summed E-state index contributed by atoms with van der Waals surface area (Å²) in [6.07, 6.45) is 4.07. The highest BCUT2D eigenvalue weighted by atomic mass is 33.1. The first-order valence-corrected chi connectivity index (χ1v) is 12.0. The Balaban J connectivity index is 2.06. The Bertz CT molecular complexity index is 463. The predicted molar refractivity (Wildman–Crippen MR) is 98.2 cm³/mol. The SMILES string of the molecule is C[N+](C)(CCCNC(=O)CCC1CCSS1)CCCS(=O)(=O)O.